The molecule has 0 bridgehead atoms. The van der Waals surface area contributed by atoms with Gasteiger partial charge >= 0.3 is 0 Å². The van der Waals surface area contributed by atoms with E-state index in [9.17, 15) is 0 Å². The van der Waals surface area contributed by atoms with Gasteiger partial charge in [-0.2, -0.15) is 0 Å². The third-order valence-corrected chi connectivity index (χ3v) is 5.71. The SMILES string of the molecule is C[Si](C)(C)C(=S)C1C=CC=C1. The number of hydrogen-bond donors (Lipinski definition) is 0. The molecule has 0 fully saturated rings. The Morgan fingerprint density at radius 2 is 1.64 bits per heavy atom. The van der Waals surface area contributed by atoms with Gasteiger partial charge in [0, 0.05) is 5.92 Å². The Bertz CT molecular complexity index is 208. The summed E-state index contributed by atoms with van der Waals surface area (Å²) in [7, 11) is -1.20. The lowest BCUT2D eigenvalue weighted by Crippen LogP contribution is -2.35. The second-order valence-corrected chi connectivity index (χ2v) is 9.75. The van der Waals surface area contributed by atoms with E-state index in [2.05, 4.69) is 43.9 Å². The van der Waals surface area contributed by atoms with Gasteiger partial charge in [0.15, 0.2) is 0 Å². The molecule has 0 aliphatic heterocycles. The Hall–Kier alpha value is -0.213. The second kappa shape index (κ2) is 3.03. The smallest absolute Gasteiger partial charge is 0.0874 e. The molecule has 0 spiro atoms. The van der Waals surface area contributed by atoms with Crippen LogP contribution >= 0.6 is 12.2 Å². The number of allylic oxidation sites excluding steroid dienone is 4. The van der Waals surface area contributed by atoms with Gasteiger partial charge in [-0.3, -0.25) is 0 Å². The van der Waals surface area contributed by atoms with E-state index in [1.165, 1.54) is 4.49 Å². The van der Waals surface area contributed by atoms with E-state index in [4.69, 9.17) is 12.2 Å². The summed E-state index contributed by atoms with van der Waals surface area (Å²) in [6.45, 7) is 6.90. The Labute approximate surface area is 75.0 Å². The average molecular weight is 182 g/mol. The molecular weight excluding hydrogens is 168 g/mol. The summed E-state index contributed by atoms with van der Waals surface area (Å²) in [5.41, 5.74) is 0. The van der Waals surface area contributed by atoms with Crippen LogP contribution in [0.1, 0.15) is 0 Å². The van der Waals surface area contributed by atoms with Crippen molar-refractivity contribution in [3.63, 3.8) is 0 Å². The second-order valence-electron chi connectivity index (χ2n) is 3.91. The normalized spacial score (nSPS) is 17.7. The Morgan fingerprint density at radius 1 is 1.18 bits per heavy atom. The summed E-state index contributed by atoms with van der Waals surface area (Å²) in [6.07, 6.45) is 8.52. The lowest BCUT2D eigenvalue weighted by atomic mass is 10.2. The fourth-order valence-corrected chi connectivity index (χ4v) is 2.46. The lowest BCUT2D eigenvalue weighted by Gasteiger charge is -2.20. The molecule has 1 rings (SSSR count). The molecule has 11 heavy (non-hydrogen) atoms. The summed E-state index contributed by atoms with van der Waals surface area (Å²) in [5.74, 6) is 0.455. The van der Waals surface area contributed by atoms with Gasteiger partial charge < -0.3 is 0 Å². The number of thiocarbonyl (C=S) groups is 1. The molecule has 60 valence electrons. The van der Waals surface area contributed by atoms with Gasteiger partial charge in [0.2, 0.25) is 0 Å². The topological polar surface area (TPSA) is 0 Å². The van der Waals surface area contributed by atoms with Gasteiger partial charge in [0.1, 0.15) is 0 Å². The highest BCUT2D eigenvalue weighted by Crippen LogP contribution is 2.18. The van der Waals surface area contributed by atoms with Crippen molar-refractivity contribution >= 4 is 24.8 Å². The quantitative estimate of drug-likeness (QED) is 0.467. The fourth-order valence-electron chi connectivity index (χ4n) is 1.11. The third-order valence-electron chi connectivity index (χ3n) is 1.79. The van der Waals surface area contributed by atoms with Crippen molar-refractivity contribution < 1.29 is 0 Å². The first-order valence-electron chi connectivity index (χ1n) is 3.91. The standard InChI is InChI=1S/C9H14SSi/c1-11(2,3)9(10)8-6-4-5-7-8/h4-8H,1-3H3. The van der Waals surface area contributed by atoms with Gasteiger partial charge in [-0.05, 0) is 4.49 Å². The maximum Gasteiger partial charge on any atom is 0.0874 e. The highest BCUT2D eigenvalue weighted by Gasteiger charge is 2.24. The van der Waals surface area contributed by atoms with Crippen LogP contribution in [-0.2, 0) is 0 Å². The van der Waals surface area contributed by atoms with Crippen LogP contribution in [0.15, 0.2) is 24.3 Å². The van der Waals surface area contributed by atoms with Crippen molar-refractivity contribution in [3.05, 3.63) is 24.3 Å². The summed E-state index contributed by atoms with van der Waals surface area (Å²) in [4.78, 5) is 0. The van der Waals surface area contributed by atoms with E-state index in [0.29, 0.717) is 5.92 Å². The van der Waals surface area contributed by atoms with Gasteiger partial charge in [0.25, 0.3) is 0 Å². The number of hydrogen-bond acceptors (Lipinski definition) is 1. The molecule has 0 amide bonds. The van der Waals surface area contributed by atoms with Crippen LogP contribution < -0.4 is 0 Å². The first-order chi connectivity index (χ1) is 5.02. The van der Waals surface area contributed by atoms with Crippen molar-refractivity contribution in [2.75, 3.05) is 0 Å². The van der Waals surface area contributed by atoms with Crippen LogP contribution in [0.5, 0.6) is 0 Å². The van der Waals surface area contributed by atoms with E-state index < -0.39 is 8.07 Å². The van der Waals surface area contributed by atoms with Gasteiger partial charge in [0.05, 0.1) is 8.07 Å². The summed E-state index contributed by atoms with van der Waals surface area (Å²) in [5, 5.41) is 0. The van der Waals surface area contributed by atoms with E-state index in [-0.39, 0.29) is 0 Å². The first-order valence-corrected chi connectivity index (χ1v) is 7.82. The van der Waals surface area contributed by atoms with Crippen LogP contribution in [0.4, 0.5) is 0 Å². The molecule has 0 saturated carbocycles. The predicted octanol–water partition coefficient (Wildman–Crippen LogP) is 2.98. The predicted molar refractivity (Wildman–Crippen MR) is 57.7 cm³/mol. The van der Waals surface area contributed by atoms with Crippen molar-refractivity contribution in [3.8, 4) is 0 Å². The van der Waals surface area contributed by atoms with Crippen LogP contribution in [-0.4, -0.2) is 12.6 Å². The third kappa shape index (κ3) is 2.11. The molecule has 0 nitrogen and oxygen atoms in total. The van der Waals surface area contributed by atoms with Gasteiger partial charge in [-0.25, -0.2) is 0 Å². The summed E-state index contributed by atoms with van der Waals surface area (Å²) < 4.78 is 1.27. The van der Waals surface area contributed by atoms with Crippen molar-refractivity contribution in [1.29, 1.82) is 0 Å². The lowest BCUT2D eigenvalue weighted by molar-refractivity contribution is 1.21. The zero-order valence-electron chi connectivity index (χ0n) is 7.29. The Balaban J connectivity index is 2.70. The molecule has 0 unspecified atom stereocenters. The molecule has 0 atom stereocenters. The molecule has 1 aliphatic carbocycles. The van der Waals surface area contributed by atoms with Gasteiger partial charge in [-0.15, -0.1) is 0 Å². The van der Waals surface area contributed by atoms with E-state index in [0.717, 1.165) is 0 Å². The van der Waals surface area contributed by atoms with Crippen LogP contribution in [0.25, 0.3) is 0 Å². The molecule has 0 saturated heterocycles. The summed E-state index contributed by atoms with van der Waals surface area (Å²) in [6, 6.07) is 0. The maximum absolute atomic E-state index is 5.41. The molecule has 0 aromatic heterocycles. The molecule has 0 heterocycles. The maximum atomic E-state index is 5.41. The van der Waals surface area contributed by atoms with Gasteiger partial charge in [-0.1, -0.05) is 56.2 Å². The van der Waals surface area contributed by atoms with E-state index in [1.807, 2.05) is 0 Å². The Morgan fingerprint density at radius 3 is 2.00 bits per heavy atom. The van der Waals surface area contributed by atoms with Crippen LogP contribution in [0, 0.1) is 5.92 Å². The monoisotopic (exact) mass is 182 g/mol. The van der Waals surface area contributed by atoms with Crippen LogP contribution in [0.3, 0.4) is 0 Å². The largest absolute Gasteiger partial charge is 0.0937 e. The van der Waals surface area contributed by atoms with Crippen molar-refractivity contribution in [2.24, 2.45) is 5.92 Å². The highest BCUT2D eigenvalue weighted by molar-refractivity contribution is 7.85. The first kappa shape index (κ1) is 8.88. The molecule has 0 aromatic rings. The molecule has 0 radical (unpaired) electrons. The molecule has 0 N–H and O–H groups in total. The average Bonchev–Trinajstić information content (AvgIpc) is 2.34. The number of rotatable bonds is 2. The zero-order chi connectivity index (χ0) is 8.48. The summed E-state index contributed by atoms with van der Waals surface area (Å²) >= 11 is 5.41. The molecule has 0 aromatic carbocycles. The fraction of sp³-hybridized carbons (Fsp3) is 0.444. The van der Waals surface area contributed by atoms with E-state index in [1.54, 1.807) is 0 Å². The van der Waals surface area contributed by atoms with E-state index >= 15 is 0 Å². The van der Waals surface area contributed by atoms with Crippen molar-refractivity contribution in [2.45, 2.75) is 19.6 Å². The minimum atomic E-state index is -1.20. The molecular formula is C9H14SSi. The minimum Gasteiger partial charge on any atom is -0.0937 e. The van der Waals surface area contributed by atoms with Crippen molar-refractivity contribution in [1.82, 2.24) is 0 Å². The minimum absolute atomic E-state index is 0.455. The Kier molecular flexibility index (Phi) is 2.45. The molecule has 2 heteroatoms. The van der Waals surface area contributed by atoms with Crippen LogP contribution in [0.2, 0.25) is 19.6 Å². The zero-order valence-corrected chi connectivity index (χ0v) is 9.11. The highest BCUT2D eigenvalue weighted by atomic mass is 32.1. The molecule has 1 aliphatic rings.